The zero-order valence-corrected chi connectivity index (χ0v) is 16.4. The van der Waals surface area contributed by atoms with Crippen LogP contribution in [0.3, 0.4) is 0 Å². The molecule has 1 aliphatic carbocycles. The average molecular weight is 411 g/mol. The Labute approximate surface area is 168 Å². The van der Waals surface area contributed by atoms with Gasteiger partial charge in [0, 0.05) is 23.7 Å². The van der Waals surface area contributed by atoms with Crippen molar-refractivity contribution in [3.8, 4) is 11.4 Å². The van der Waals surface area contributed by atoms with Crippen LogP contribution in [0.1, 0.15) is 24.6 Å². The highest BCUT2D eigenvalue weighted by molar-refractivity contribution is 7.91. The molecule has 0 saturated heterocycles. The maximum Gasteiger partial charge on any atom is 0.319 e. The maximum atomic E-state index is 12.2. The number of sulfone groups is 1. The molecule has 1 saturated carbocycles. The number of amides is 2. The zero-order chi connectivity index (χ0) is 20.3. The van der Waals surface area contributed by atoms with E-state index in [1.807, 2.05) is 12.1 Å². The first kappa shape index (κ1) is 19.1. The number of aromatic amines is 1. The minimum Gasteiger partial charge on any atom is -0.337 e. The van der Waals surface area contributed by atoms with Crippen LogP contribution in [0.15, 0.2) is 59.5 Å². The number of urea groups is 1. The van der Waals surface area contributed by atoms with Crippen molar-refractivity contribution in [1.82, 2.24) is 20.5 Å². The summed E-state index contributed by atoms with van der Waals surface area (Å²) in [5, 5.41) is 12.5. The second kappa shape index (κ2) is 8.04. The Morgan fingerprint density at radius 1 is 1.07 bits per heavy atom. The first-order valence-corrected chi connectivity index (χ1v) is 11.0. The fourth-order valence-corrected chi connectivity index (χ4v) is 4.04. The second-order valence-corrected chi connectivity index (χ2v) is 9.02. The fourth-order valence-electron chi connectivity index (χ4n) is 2.87. The van der Waals surface area contributed by atoms with Crippen LogP contribution in [0.2, 0.25) is 0 Å². The van der Waals surface area contributed by atoms with Gasteiger partial charge in [-0.25, -0.2) is 18.2 Å². The number of aromatic nitrogens is 3. The normalized spacial score (nSPS) is 13.8. The highest BCUT2D eigenvalue weighted by Gasteiger charge is 2.27. The summed E-state index contributed by atoms with van der Waals surface area (Å²) in [6, 6.07) is 14.9. The predicted octanol–water partition coefficient (Wildman–Crippen LogP) is 2.94. The van der Waals surface area contributed by atoms with Crippen molar-refractivity contribution < 1.29 is 13.2 Å². The van der Waals surface area contributed by atoms with E-state index in [-0.39, 0.29) is 17.2 Å². The van der Waals surface area contributed by atoms with Crippen LogP contribution in [0.25, 0.3) is 11.4 Å². The van der Waals surface area contributed by atoms with E-state index in [9.17, 15) is 13.2 Å². The van der Waals surface area contributed by atoms with Crippen molar-refractivity contribution in [3.05, 3.63) is 60.4 Å². The summed E-state index contributed by atoms with van der Waals surface area (Å²) in [6.07, 6.45) is 2.30. The van der Waals surface area contributed by atoms with Gasteiger partial charge in [-0.1, -0.05) is 18.2 Å². The summed E-state index contributed by atoms with van der Waals surface area (Å²) in [6.45, 7) is 0.0161. The Balaban J connectivity index is 1.28. The SMILES string of the molecule is O=C(NCCS(=O)(=O)c1ccccc1)Nc1ccc(-c2n[nH]c(C3CC3)n2)cc1. The van der Waals surface area contributed by atoms with Crippen LogP contribution in [0.4, 0.5) is 10.5 Å². The molecule has 0 aliphatic heterocycles. The van der Waals surface area contributed by atoms with Gasteiger partial charge < -0.3 is 10.6 Å². The number of carbonyl (C=O) groups is 1. The maximum absolute atomic E-state index is 12.2. The highest BCUT2D eigenvalue weighted by atomic mass is 32.2. The molecular weight excluding hydrogens is 390 g/mol. The molecule has 4 rings (SSSR count). The number of hydrogen-bond donors (Lipinski definition) is 3. The monoisotopic (exact) mass is 411 g/mol. The Kier molecular flexibility index (Phi) is 5.30. The molecule has 29 heavy (non-hydrogen) atoms. The molecule has 1 fully saturated rings. The van der Waals surface area contributed by atoms with Crippen molar-refractivity contribution >= 4 is 21.6 Å². The van der Waals surface area contributed by atoms with Gasteiger partial charge in [-0.15, -0.1) is 0 Å². The molecule has 0 unspecified atom stereocenters. The Bertz CT molecular complexity index is 1090. The Morgan fingerprint density at radius 2 is 1.79 bits per heavy atom. The molecule has 3 aromatic rings. The lowest BCUT2D eigenvalue weighted by molar-refractivity contribution is 0.252. The number of nitrogens with zero attached hydrogens (tertiary/aromatic N) is 2. The third kappa shape index (κ3) is 4.80. The van der Waals surface area contributed by atoms with Gasteiger partial charge in [0.2, 0.25) is 0 Å². The number of benzene rings is 2. The number of hydrogen-bond acceptors (Lipinski definition) is 5. The van der Waals surface area contributed by atoms with E-state index in [4.69, 9.17) is 0 Å². The average Bonchev–Trinajstić information content (AvgIpc) is 3.46. The Hall–Kier alpha value is -3.20. The predicted molar refractivity (Wildman–Crippen MR) is 109 cm³/mol. The molecule has 0 bridgehead atoms. The zero-order valence-electron chi connectivity index (χ0n) is 15.6. The van der Waals surface area contributed by atoms with E-state index in [0.29, 0.717) is 17.4 Å². The number of anilines is 1. The van der Waals surface area contributed by atoms with Gasteiger partial charge in [0.25, 0.3) is 0 Å². The second-order valence-electron chi connectivity index (χ2n) is 6.91. The molecule has 0 spiro atoms. The van der Waals surface area contributed by atoms with E-state index in [2.05, 4.69) is 25.8 Å². The van der Waals surface area contributed by atoms with Crippen LogP contribution in [-0.4, -0.2) is 41.9 Å². The van der Waals surface area contributed by atoms with E-state index in [1.165, 1.54) is 0 Å². The lowest BCUT2D eigenvalue weighted by atomic mass is 10.2. The van der Waals surface area contributed by atoms with Gasteiger partial charge in [-0.2, -0.15) is 5.10 Å². The van der Waals surface area contributed by atoms with Crippen LogP contribution in [0, 0.1) is 0 Å². The summed E-state index contributed by atoms with van der Waals surface area (Å²) in [4.78, 5) is 16.8. The summed E-state index contributed by atoms with van der Waals surface area (Å²) >= 11 is 0. The van der Waals surface area contributed by atoms with Gasteiger partial charge in [0.15, 0.2) is 15.7 Å². The van der Waals surface area contributed by atoms with E-state index < -0.39 is 15.9 Å². The van der Waals surface area contributed by atoms with Gasteiger partial charge in [0.1, 0.15) is 5.82 Å². The highest BCUT2D eigenvalue weighted by Crippen LogP contribution is 2.38. The molecule has 2 amide bonds. The van der Waals surface area contributed by atoms with Gasteiger partial charge in [0.05, 0.1) is 10.6 Å². The lowest BCUT2D eigenvalue weighted by Crippen LogP contribution is -2.32. The van der Waals surface area contributed by atoms with Crippen LogP contribution >= 0.6 is 0 Å². The summed E-state index contributed by atoms with van der Waals surface area (Å²) in [7, 11) is -3.42. The first-order valence-electron chi connectivity index (χ1n) is 9.37. The molecule has 3 N–H and O–H groups in total. The van der Waals surface area contributed by atoms with E-state index >= 15 is 0 Å². The minimum atomic E-state index is -3.42. The third-order valence-electron chi connectivity index (χ3n) is 4.63. The Morgan fingerprint density at radius 3 is 2.48 bits per heavy atom. The van der Waals surface area contributed by atoms with E-state index in [0.717, 1.165) is 24.2 Å². The molecule has 0 atom stereocenters. The molecule has 9 heteroatoms. The smallest absolute Gasteiger partial charge is 0.319 e. The molecule has 8 nitrogen and oxygen atoms in total. The summed E-state index contributed by atoms with van der Waals surface area (Å²) in [5.74, 6) is 1.89. The number of H-pyrrole nitrogens is 1. The molecule has 2 aromatic carbocycles. The van der Waals surface area contributed by atoms with Crippen molar-refractivity contribution in [1.29, 1.82) is 0 Å². The van der Waals surface area contributed by atoms with Gasteiger partial charge in [-0.3, -0.25) is 5.10 Å². The minimum absolute atomic E-state index is 0.0161. The number of nitrogens with one attached hydrogen (secondary N) is 3. The molecular formula is C20H21N5O3S. The molecule has 1 aromatic heterocycles. The van der Waals surface area contributed by atoms with Crippen molar-refractivity contribution in [3.63, 3.8) is 0 Å². The fraction of sp³-hybridized carbons (Fsp3) is 0.250. The van der Waals surface area contributed by atoms with Gasteiger partial charge in [-0.05, 0) is 49.2 Å². The summed E-state index contributed by atoms with van der Waals surface area (Å²) in [5.41, 5.74) is 1.45. The molecule has 150 valence electrons. The van der Waals surface area contributed by atoms with E-state index in [1.54, 1.807) is 42.5 Å². The molecule has 0 radical (unpaired) electrons. The van der Waals surface area contributed by atoms with Crippen LogP contribution < -0.4 is 10.6 Å². The topological polar surface area (TPSA) is 117 Å². The first-order chi connectivity index (χ1) is 14.0. The summed E-state index contributed by atoms with van der Waals surface area (Å²) < 4.78 is 24.4. The van der Waals surface area contributed by atoms with Crippen molar-refractivity contribution in [2.24, 2.45) is 0 Å². The third-order valence-corrected chi connectivity index (χ3v) is 6.36. The molecule has 1 aliphatic rings. The number of carbonyl (C=O) groups excluding carboxylic acids is 1. The quantitative estimate of drug-likeness (QED) is 0.553. The van der Waals surface area contributed by atoms with Crippen molar-refractivity contribution in [2.45, 2.75) is 23.7 Å². The van der Waals surface area contributed by atoms with Gasteiger partial charge >= 0.3 is 6.03 Å². The standard InChI is InChI=1S/C20H21N5O3S/c26-20(21-12-13-29(27,28)17-4-2-1-3-5-17)22-16-10-8-15(9-11-16)19-23-18(24-25-19)14-6-7-14/h1-5,8-11,14H,6-7,12-13H2,(H2,21,22,26)(H,23,24,25). The van der Waals surface area contributed by atoms with Crippen LogP contribution in [-0.2, 0) is 9.84 Å². The molecule has 1 heterocycles. The van der Waals surface area contributed by atoms with Crippen molar-refractivity contribution in [2.75, 3.05) is 17.6 Å². The number of rotatable bonds is 7. The van der Waals surface area contributed by atoms with Crippen LogP contribution in [0.5, 0.6) is 0 Å². The largest absolute Gasteiger partial charge is 0.337 e. The lowest BCUT2D eigenvalue weighted by Gasteiger charge is -2.08.